The van der Waals surface area contributed by atoms with Gasteiger partial charge in [0.25, 0.3) is 5.56 Å². The normalized spacial score (nSPS) is 11.0. The van der Waals surface area contributed by atoms with Crippen molar-refractivity contribution in [3.63, 3.8) is 0 Å². The van der Waals surface area contributed by atoms with E-state index in [1.807, 2.05) is 50.8 Å². The van der Waals surface area contributed by atoms with Crippen molar-refractivity contribution in [2.75, 3.05) is 23.3 Å². The molecular formula is C22H27N5O3S. The van der Waals surface area contributed by atoms with Gasteiger partial charge in [-0.1, -0.05) is 23.5 Å². The van der Waals surface area contributed by atoms with E-state index >= 15 is 0 Å². The van der Waals surface area contributed by atoms with Crippen LogP contribution in [0, 0.1) is 13.8 Å². The lowest BCUT2D eigenvalue weighted by Gasteiger charge is -2.16. The van der Waals surface area contributed by atoms with Crippen LogP contribution in [0.5, 0.6) is 0 Å². The Labute approximate surface area is 184 Å². The van der Waals surface area contributed by atoms with E-state index in [-0.39, 0.29) is 24.6 Å². The molecule has 0 saturated carbocycles. The molecule has 0 unspecified atom stereocenters. The molecule has 0 bridgehead atoms. The summed E-state index contributed by atoms with van der Waals surface area (Å²) in [7, 11) is 0. The average molecular weight is 442 g/mol. The highest BCUT2D eigenvalue weighted by molar-refractivity contribution is 7.22. The third-order valence-corrected chi connectivity index (χ3v) is 6.00. The van der Waals surface area contributed by atoms with Crippen molar-refractivity contribution in [1.82, 2.24) is 14.1 Å². The number of carbonyl (C=O) groups excluding carboxylic acids is 1. The number of aromatic nitrogens is 3. The number of anilines is 2. The number of nitrogens with one attached hydrogen (secondary N) is 1. The smallest absolute Gasteiger partial charge is 0.333 e. The molecule has 1 amide bonds. The number of allylic oxidation sites excluding steroid dienone is 1. The number of thiazole rings is 1. The number of amides is 1. The number of hydrogen-bond acceptors (Lipinski definition) is 6. The molecule has 3 aromatic rings. The van der Waals surface area contributed by atoms with Gasteiger partial charge in [-0.2, -0.15) is 0 Å². The van der Waals surface area contributed by atoms with Gasteiger partial charge in [0.15, 0.2) is 10.8 Å². The molecule has 0 fully saturated rings. The van der Waals surface area contributed by atoms with Crippen LogP contribution < -0.4 is 21.5 Å². The number of fused-ring (bicyclic) bond motifs is 1. The minimum absolute atomic E-state index is 0.0603. The van der Waals surface area contributed by atoms with Crippen LogP contribution in [-0.2, 0) is 17.9 Å². The zero-order valence-electron chi connectivity index (χ0n) is 18.3. The number of rotatable bonds is 8. The van der Waals surface area contributed by atoms with Gasteiger partial charge in [0.05, 0.1) is 0 Å². The lowest BCUT2D eigenvalue weighted by atomic mass is 10.1. The first-order chi connectivity index (χ1) is 14.8. The topological polar surface area (TPSA) is 89.2 Å². The van der Waals surface area contributed by atoms with Gasteiger partial charge in [-0.3, -0.25) is 18.7 Å². The molecule has 0 atom stereocenters. The van der Waals surface area contributed by atoms with E-state index in [4.69, 9.17) is 0 Å². The number of aryl methyl sites for hydroxylation is 2. The second-order valence-corrected chi connectivity index (χ2v) is 8.30. The van der Waals surface area contributed by atoms with Crippen LogP contribution in [-0.4, -0.2) is 33.1 Å². The van der Waals surface area contributed by atoms with E-state index in [0.29, 0.717) is 28.6 Å². The zero-order valence-corrected chi connectivity index (χ0v) is 19.1. The van der Waals surface area contributed by atoms with E-state index in [0.717, 1.165) is 15.7 Å². The summed E-state index contributed by atoms with van der Waals surface area (Å²) in [6.45, 7) is 12.8. The summed E-state index contributed by atoms with van der Waals surface area (Å²) in [6.07, 6.45) is 1.49. The van der Waals surface area contributed by atoms with E-state index in [1.54, 1.807) is 0 Å². The molecule has 1 N–H and O–H groups in total. The summed E-state index contributed by atoms with van der Waals surface area (Å²) in [5.41, 5.74) is 1.95. The van der Waals surface area contributed by atoms with Crippen LogP contribution in [0.2, 0.25) is 0 Å². The molecule has 31 heavy (non-hydrogen) atoms. The first kappa shape index (κ1) is 22.5. The SMILES string of the molecule is C=CCn1c(=O)c2sc(N(CC)CC)nc2n(CC(=O)Nc2cc(C)cc(C)c2)c1=O. The Bertz CT molecular complexity index is 1230. The monoisotopic (exact) mass is 441 g/mol. The van der Waals surface area contributed by atoms with Crippen molar-refractivity contribution in [2.45, 2.75) is 40.8 Å². The second-order valence-electron chi connectivity index (χ2n) is 7.32. The van der Waals surface area contributed by atoms with Crippen molar-refractivity contribution in [3.8, 4) is 0 Å². The molecule has 8 nitrogen and oxygen atoms in total. The Hall–Kier alpha value is -3.20. The van der Waals surface area contributed by atoms with Crippen LogP contribution in [0.1, 0.15) is 25.0 Å². The highest BCUT2D eigenvalue weighted by Crippen LogP contribution is 2.25. The maximum absolute atomic E-state index is 13.1. The maximum atomic E-state index is 13.1. The minimum Gasteiger partial charge on any atom is -0.349 e. The van der Waals surface area contributed by atoms with Crippen LogP contribution in [0.3, 0.4) is 0 Å². The molecule has 9 heteroatoms. The zero-order chi connectivity index (χ0) is 22.7. The fourth-order valence-corrected chi connectivity index (χ4v) is 4.67. The number of benzene rings is 1. The summed E-state index contributed by atoms with van der Waals surface area (Å²) in [5, 5.41) is 3.49. The van der Waals surface area contributed by atoms with Crippen molar-refractivity contribution in [3.05, 3.63) is 62.8 Å². The van der Waals surface area contributed by atoms with Gasteiger partial charge in [0.2, 0.25) is 5.91 Å². The van der Waals surface area contributed by atoms with Gasteiger partial charge in [0, 0.05) is 25.3 Å². The summed E-state index contributed by atoms with van der Waals surface area (Å²) in [6, 6.07) is 5.74. The van der Waals surface area contributed by atoms with Crippen molar-refractivity contribution in [1.29, 1.82) is 0 Å². The lowest BCUT2D eigenvalue weighted by molar-refractivity contribution is -0.116. The van der Waals surface area contributed by atoms with E-state index in [1.165, 1.54) is 22.0 Å². The first-order valence-electron chi connectivity index (χ1n) is 10.2. The number of carbonyl (C=O) groups is 1. The van der Waals surface area contributed by atoms with E-state index in [2.05, 4.69) is 16.9 Å². The number of nitrogens with zero attached hydrogens (tertiary/aromatic N) is 4. The molecule has 0 aliphatic rings. The minimum atomic E-state index is -0.579. The average Bonchev–Trinajstić information content (AvgIpc) is 3.14. The fourth-order valence-electron chi connectivity index (χ4n) is 3.52. The van der Waals surface area contributed by atoms with Crippen LogP contribution in [0.15, 0.2) is 40.4 Å². The van der Waals surface area contributed by atoms with Crippen molar-refractivity contribution in [2.24, 2.45) is 0 Å². The predicted molar refractivity (Wildman–Crippen MR) is 126 cm³/mol. The molecule has 3 rings (SSSR count). The molecule has 0 radical (unpaired) electrons. The Balaban J connectivity index is 2.08. The Morgan fingerprint density at radius 2 is 1.81 bits per heavy atom. The Morgan fingerprint density at radius 3 is 2.39 bits per heavy atom. The largest absolute Gasteiger partial charge is 0.349 e. The Kier molecular flexibility index (Phi) is 6.74. The molecule has 0 saturated heterocycles. The van der Waals surface area contributed by atoms with Gasteiger partial charge < -0.3 is 10.2 Å². The van der Waals surface area contributed by atoms with Gasteiger partial charge in [-0.25, -0.2) is 9.78 Å². The highest BCUT2D eigenvalue weighted by Gasteiger charge is 2.20. The second kappa shape index (κ2) is 9.30. The van der Waals surface area contributed by atoms with Gasteiger partial charge in [-0.15, -0.1) is 6.58 Å². The van der Waals surface area contributed by atoms with Crippen molar-refractivity contribution < 1.29 is 4.79 Å². The third kappa shape index (κ3) is 4.61. The van der Waals surface area contributed by atoms with E-state index < -0.39 is 11.2 Å². The van der Waals surface area contributed by atoms with Gasteiger partial charge >= 0.3 is 5.69 Å². The molecule has 0 aliphatic carbocycles. The molecule has 2 heterocycles. The summed E-state index contributed by atoms with van der Waals surface area (Å²) < 4.78 is 2.70. The first-order valence-corrected chi connectivity index (χ1v) is 11.0. The third-order valence-electron chi connectivity index (χ3n) is 4.91. The molecular weight excluding hydrogens is 414 g/mol. The molecule has 0 spiro atoms. The van der Waals surface area contributed by atoms with Gasteiger partial charge in [-0.05, 0) is 51.0 Å². The predicted octanol–water partition coefficient (Wildman–Crippen LogP) is 2.91. The summed E-state index contributed by atoms with van der Waals surface area (Å²) >= 11 is 1.23. The number of hydrogen-bond donors (Lipinski definition) is 1. The van der Waals surface area contributed by atoms with Crippen LogP contribution in [0.25, 0.3) is 10.3 Å². The quantitative estimate of drug-likeness (QED) is 0.543. The lowest BCUT2D eigenvalue weighted by Crippen LogP contribution is -2.41. The standard InChI is InChI=1S/C22H27N5O3S/c1-6-9-26-20(29)18-19(24-21(31-18)25(7-2)8-3)27(22(26)30)13-17(28)23-16-11-14(4)10-15(5)12-16/h6,10-12H,1,7-9,13H2,2-5H3,(H,23,28). The Morgan fingerprint density at radius 1 is 1.16 bits per heavy atom. The summed E-state index contributed by atoms with van der Waals surface area (Å²) in [4.78, 5) is 45.3. The van der Waals surface area contributed by atoms with Crippen molar-refractivity contribution >= 4 is 38.4 Å². The van der Waals surface area contributed by atoms with Gasteiger partial charge in [0.1, 0.15) is 11.2 Å². The van der Waals surface area contributed by atoms with Crippen LogP contribution in [0.4, 0.5) is 10.8 Å². The summed E-state index contributed by atoms with van der Waals surface area (Å²) in [5.74, 6) is -0.366. The molecule has 0 aliphatic heterocycles. The fraction of sp³-hybridized carbons (Fsp3) is 0.364. The molecule has 2 aromatic heterocycles. The van der Waals surface area contributed by atoms with E-state index in [9.17, 15) is 14.4 Å². The molecule has 164 valence electrons. The van der Waals surface area contributed by atoms with Crippen LogP contribution >= 0.6 is 11.3 Å². The molecule has 1 aromatic carbocycles. The highest BCUT2D eigenvalue weighted by atomic mass is 32.1. The maximum Gasteiger partial charge on any atom is 0.333 e.